The van der Waals surface area contributed by atoms with Gasteiger partial charge in [-0.1, -0.05) is 23.2 Å². The molecule has 2 rings (SSSR count). The van der Waals surface area contributed by atoms with E-state index in [1.165, 1.54) is 12.4 Å². The molecule has 0 aliphatic carbocycles. The Balaban J connectivity index is 2.61. The van der Waals surface area contributed by atoms with Crippen LogP contribution in [0.25, 0.3) is 11.3 Å². The average Bonchev–Trinajstić information content (AvgIpc) is 2.26. The van der Waals surface area contributed by atoms with Gasteiger partial charge in [0.05, 0.1) is 10.7 Å². The van der Waals surface area contributed by atoms with Gasteiger partial charge in [-0.25, -0.2) is 14.4 Å². The fourth-order valence-electron chi connectivity index (χ4n) is 1.20. The highest BCUT2D eigenvalue weighted by Crippen LogP contribution is 2.32. The molecule has 2 nitrogen and oxygen atoms in total. The van der Waals surface area contributed by atoms with Crippen LogP contribution in [0, 0.1) is 5.82 Å². The van der Waals surface area contributed by atoms with Crippen LogP contribution in [0.3, 0.4) is 0 Å². The standard InChI is InChI=1S/C10H4BrCl2FN2/c11-6-2-1-5(10(14)9(6)13)7-3-8(12)16-4-15-7/h1-4H. The monoisotopic (exact) mass is 320 g/mol. The number of nitrogens with zero attached hydrogens (tertiary/aromatic N) is 2. The number of rotatable bonds is 1. The molecule has 0 saturated carbocycles. The van der Waals surface area contributed by atoms with E-state index >= 15 is 0 Å². The molecule has 6 heteroatoms. The maximum atomic E-state index is 13.8. The lowest BCUT2D eigenvalue weighted by Gasteiger charge is -2.05. The van der Waals surface area contributed by atoms with E-state index in [1.807, 2.05) is 0 Å². The summed E-state index contributed by atoms with van der Waals surface area (Å²) >= 11 is 14.6. The van der Waals surface area contributed by atoms with Gasteiger partial charge in [-0.15, -0.1) is 0 Å². The van der Waals surface area contributed by atoms with Crippen LogP contribution in [0.1, 0.15) is 0 Å². The fraction of sp³-hybridized carbons (Fsp3) is 0. The SMILES string of the molecule is Fc1c(-c2cc(Cl)ncn2)ccc(Br)c1Cl. The maximum absolute atomic E-state index is 13.8. The lowest BCUT2D eigenvalue weighted by Crippen LogP contribution is -1.90. The second-order valence-corrected chi connectivity index (χ2v) is 4.57. The zero-order valence-electron chi connectivity index (χ0n) is 7.72. The number of hydrogen-bond acceptors (Lipinski definition) is 2. The molecule has 0 unspecified atom stereocenters. The van der Waals surface area contributed by atoms with E-state index < -0.39 is 5.82 Å². The van der Waals surface area contributed by atoms with E-state index in [0.29, 0.717) is 10.2 Å². The first-order chi connectivity index (χ1) is 7.59. The zero-order chi connectivity index (χ0) is 11.7. The Kier molecular flexibility index (Phi) is 3.42. The van der Waals surface area contributed by atoms with E-state index in [4.69, 9.17) is 23.2 Å². The van der Waals surface area contributed by atoms with Gasteiger partial charge in [0.25, 0.3) is 0 Å². The van der Waals surface area contributed by atoms with Crippen molar-refractivity contribution in [2.75, 3.05) is 0 Å². The molecule has 0 radical (unpaired) electrons. The summed E-state index contributed by atoms with van der Waals surface area (Å²) < 4.78 is 14.3. The normalized spacial score (nSPS) is 10.5. The molecule has 0 N–H and O–H groups in total. The molecule has 0 atom stereocenters. The predicted octanol–water partition coefficient (Wildman–Crippen LogP) is 4.35. The summed E-state index contributed by atoms with van der Waals surface area (Å²) in [6.07, 6.45) is 1.27. The van der Waals surface area contributed by atoms with Crippen LogP contribution in [-0.2, 0) is 0 Å². The molecule has 0 spiro atoms. The van der Waals surface area contributed by atoms with Crippen LogP contribution in [0.5, 0.6) is 0 Å². The topological polar surface area (TPSA) is 25.8 Å². The van der Waals surface area contributed by atoms with Crippen molar-refractivity contribution in [3.63, 3.8) is 0 Å². The quantitative estimate of drug-likeness (QED) is 0.576. The van der Waals surface area contributed by atoms with Gasteiger partial charge in [-0.05, 0) is 28.1 Å². The minimum absolute atomic E-state index is 0.0206. The molecule has 0 amide bonds. The molecule has 0 aliphatic rings. The average molecular weight is 322 g/mol. The number of benzene rings is 1. The van der Waals surface area contributed by atoms with Gasteiger partial charge in [0.2, 0.25) is 0 Å². The molecule has 16 heavy (non-hydrogen) atoms. The smallest absolute Gasteiger partial charge is 0.152 e. The molecule has 2 aromatic rings. The molecule has 1 aromatic heterocycles. The molecule has 1 heterocycles. The molecule has 0 bridgehead atoms. The summed E-state index contributed by atoms with van der Waals surface area (Å²) in [5, 5.41) is 0.274. The van der Waals surface area contributed by atoms with Crippen LogP contribution in [0.15, 0.2) is 29.0 Å². The van der Waals surface area contributed by atoms with Crippen LogP contribution in [0.4, 0.5) is 4.39 Å². The van der Waals surface area contributed by atoms with Gasteiger partial charge in [-0.3, -0.25) is 0 Å². The van der Waals surface area contributed by atoms with Crippen molar-refractivity contribution in [1.29, 1.82) is 0 Å². The van der Waals surface area contributed by atoms with Crippen molar-refractivity contribution in [2.24, 2.45) is 0 Å². The van der Waals surface area contributed by atoms with E-state index in [0.717, 1.165) is 0 Å². The van der Waals surface area contributed by atoms with Crippen LogP contribution < -0.4 is 0 Å². The molecular weight excluding hydrogens is 318 g/mol. The minimum Gasteiger partial charge on any atom is -0.236 e. The van der Waals surface area contributed by atoms with Crippen molar-refractivity contribution in [2.45, 2.75) is 0 Å². The highest BCUT2D eigenvalue weighted by atomic mass is 79.9. The number of hydrogen-bond donors (Lipinski definition) is 0. The minimum atomic E-state index is -0.536. The molecule has 1 aromatic carbocycles. The molecular formula is C10H4BrCl2FN2. The van der Waals surface area contributed by atoms with E-state index in [-0.39, 0.29) is 15.7 Å². The van der Waals surface area contributed by atoms with E-state index in [1.54, 1.807) is 12.1 Å². The second-order valence-electron chi connectivity index (χ2n) is 2.95. The van der Waals surface area contributed by atoms with Gasteiger partial charge in [0.1, 0.15) is 11.5 Å². The highest BCUT2D eigenvalue weighted by Gasteiger charge is 2.13. The molecule has 0 aliphatic heterocycles. The maximum Gasteiger partial charge on any atom is 0.152 e. The van der Waals surface area contributed by atoms with Gasteiger partial charge in [0, 0.05) is 16.1 Å². The Labute approximate surface area is 110 Å². The first-order valence-electron chi connectivity index (χ1n) is 4.21. The van der Waals surface area contributed by atoms with E-state index in [2.05, 4.69) is 25.9 Å². The number of aromatic nitrogens is 2. The molecule has 0 saturated heterocycles. The lowest BCUT2D eigenvalue weighted by molar-refractivity contribution is 0.630. The summed E-state index contributed by atoms with van der Waals surface area (Å²) in [5.74, 6) is -0.536. The Morgan fingerprint density at radius 1 is 1.19 bits per heavy atom. The number of halogens is 4. The zero-order valence-corrected chi connectivity index (χ0v) is 10.8. The third kappa shape index (κ3) is 2.19. The predicted molar refractivity (Wildman–Crippen MR) is 65.1 cm³/mol. The Hall–Kier alpha value is -0.710. The van der Waals surface area contributed by atoms with Gasteiger partial charge >= 0.3 is 0 Å². The van der Waals surface area contributed by atoms with Crippen molar-refractivity contribution in [3.8, 4) is 11.3 Å². The third-order valence-corrected chi connectivity index (χ3v) is 3.41. The lowest BCUT2D eigenvalue weighted by atomic mass is 10.1. The summed E-state index contributed by atoms with van der Waals surface area (Å²) in [5.41, 5.74) is 0.685. The molecule has 0 fully saturated rings. The van der Waals surface area contributed by atoms with Crippen LogP contribution in [-0.4, -0.2) is 9.97 Å². The van der Waals surface area contributed by atoms with Crippen LogP contribution in [0.2, 0.25) is 10.2 Å². The van der Waals surface area contributed by atoms with Gasteiger partial charge < -0.3 is 0 Å². The van der Waals surface area contributed by atoms with Crippen molar-refractivity contribution < 1.29 is 4.39 Å². The van der Waals surface area contributed by atoms with Gasteiger partial charge in [-0.2, -0.15) is 0 Å². The second kappa shape index (κ2) is 4.65. The largest absolute Gasteiger partial charge is 0.236 e. The van der Waals surface area contributed by atoms with Crippen LogP contribution >= 0.6 is 39.1 Å². The summed E-state index contributed by atoms with van der Waals surface area (Å²) in [6, 6.07) is 4.70. The Bertz CT molecular complexity index is 548. The van der Waals surface area contributed by atoms with Gasteiger partial charge in [0.15, 0.2) is 5.82 Å². The Morgan fingerprint density at radius 3 is 2.62 bits per heavy atom. The highest BCUT2D eigenvalue weighted by molar-refractivity contribution is 9.10. The van der Waals surface area contributed by atoms with Crippen molar-refractivity contribution in [1.82, 2.24) is 9.97 Å². The summed E-state index contributed by atoms with van der Waals surface area (Å²) in [4.78, 5) is 7.66. The van der Waals surface area contributed by atoms with Crippen molar-refractivity contribution in [3.05, 3.63) is 45.0 Å². The fourth-order valence-corrected chi connectivity index (χ4v) is 1.82. The van der Waals surface area contributed by atoms with E-state index in [9.17, 15) is 4.39 Å². The molecule has 82 valence electrons. The summed E-state index contributed by atoms with van der Waals surface area (Å²) in [6.45, 7) is 0. The third-order valence-electron chi connectivity index (χ3n) is 1.94. The Morgan fingerprint density at radius 2 is 1.94 bits per heavy atom. The van der Waals surface area contributed by atoms with Crippen molar-refractivity contribution >= 4 is 39.1 Å². The first kappa shape index (κ1) is 11.8. The summed E-state index contributed by atoms with van der Waals surface area (Å²) in [7, 11) is 0. The first-order valence-corrected chi connectivity index (χ1v) is 5.76.